The summed E-state index contributed by atoms with van der Waals surface area (Å²) in [6.45, 7) is 13.1. The van der Waals surface area contributed by atoms with Gasteiger partial charge in [-0.2, -0.15) is 0 Å². The highest BCUT2D eigenvalue weighted by atomic mass is 32.2. The number of hydrogen-bond acceptors (Lipinski definition) is 6. The fraction of sp³-hybridized carbons (Fsp3) is 0.900. The molecule has 0 aliphatic carbocycles. The summed E-state index contributed by atoms with van der Waals surface area (Å²) < 4.78 is 28.4. The Labute approximate surface area is 182 Å². The van der Waals surface area contributed by atoms with Gasteiger partial charge in [0.15, 0.2) is 15.8 Å². The molecule has 1 fully saturated rings. The number of guanidine groups is 1. The van der Waals surface area contributed by atoms with Crippen molar-refractivity contribution in [2.45, 2.75) is 52.7 Å². The van der Waals surface area contributed by atoms with Crippen molar-refractivity contribution in [1.82, 2.24) is 20.4 Å². The van der Waals surface area contributed by atoms with Crippen LogP contribution in [0, 0.1) is 5.92 Å². The largest absolute Gasteiger partial charge is 0.444 e. The van der Waals surface area contributed by atoms with Gasteiger partial charge in [-0.15, -0.1) is 0 Å². The van der Waals surface area contributed by atoms with Gasteiger partial charge in [-0.3, -0.25) is 9.89 Å². The summed E-state index contributed by atoms with van der Waals surface area (Å²) in [4.78, 5) is 20.6. The molecule has 0 radical (unpaired) electrons. The van der Waals surface area contributed by atoms with E-state index in [0.717, 1.165) is 25.5 Å². The van der Waals surface area contributed by atoms with Gasteiger partial charge < -0.3 is 20.3 Å². The van der Waals surface area contributed by atoms with Crippen LogP contribution in [0.4, 0.5) is 4.79 Å². The second-order valence-corrected chi connectivity index (χ2v) is 11.5. The van der Waals surface area contributed by atoms with Crippen molar-refractivity contribution in [1.29, 1.82) is 0 Å². The molecule has 1 atom stereocenters. The van der Waals surface area contributed by atoms with E-state index < -0.39 is 21.5 Å². The Morgan fingerprint density at radius 1 is 1.23 bits per heavy atom. The van der Waals surface area contributed by atoms with E-state index in [1.807, 2.05) is 32.7 Å². The minimum atomic E-state index is -2.85. The molecule has 1 aliphatic heterocycles. The summed E-state index contributed by atoms with van der Waals surface area (Å²) >= 11 is 0. The zero-order chi connectivity index (χ0) is 22.9. The highest BCUT2D eigenvalue weighted by Gasteiger charge is 2.23. The van der Waals surface area contributed by atoms with Crippen molar-refractivity contribution >= 4 is 21.9 Å². The normalized spacial score (nSPS) is 18.7. The van der Waals surface area contributed by atoms with Crippen molar-refractivity contribution in [3.05, 3.63) is 0 Å². The zero-order valence-corrected chi connectivity index (χ0v) is 20.5. The molecule has 10 heteroatoms. The molecule has 1 amide bonds. The highest BCUT2D eigenvalue weighted by molar-refractivity contribution is 7.91. The molecule has 176 valence electrons. The number of ether oxygens (including phenoxy) is 1. The van der Waals surface area contributed by atoms with Gasteiger partial charge in [-0.05, 0) is 33.1 Å². The number of carbonyl (C=O) groups is 1. The number of amides is 1. The van der Waals surface area contributed by atoms with Crippen molar-refractivity contribution in [3.8, 4) is 0 Å². The molecule has 0 aromatic carbocycles. The number of alkyl carbamates (subject to hydrolysis) is 1. The van der Waals surface area contributed by atoms with Crippen LogP contribution < -0.4 is 10.6 Å². The maximum absolute atomic E-state index is 12.1. The smallest absolute Gasteiger partial charge is 0.407 e. The van der Waals surface area contributed by atoms with Gasteiger partial charge in [0.25, 0.3) is 0 Å². The minimum Gasteiger partial charge on any atom is -0.444 e. The van der Waals surface area contributed by atoms with Gasteiger partial charge >= 0.3 is 6.09 Å². The maximum Gasteiger partial charge on any atom is 0.407 e. The van der Waals surface area contributed by atoms with E-state index in [-0.39, 0.29) is 23.5 Å². The molecule has 30 heavy (non-hydrogen) atoms. The Morgan fingerprint density at radius 2 is 1.83 bits per heavy atom. The molecule has 0 aromatic heterocycles. The summed E-state index contributed by atoms with van der Waals surface area (Å²) in [5, 5.41) is 6.31. The lowest BCUT2D eigenvalue weighted by Crippen LogP contribution is -2.47. The second kappa shape index (κ2) is 11.7. The van der Waals surface area contributed by atoms with E-state index in [1.165, 1.54) is 0 Å². The third kappa shape index (κ3) is 10.5. The summed E-state index contributed by atoms with van der Waals surface area (Å²) in [7, 11) is 0.858. The molecular weight excluding hydrogens is 406 g/mol. The van der Waals surface area contributed by atoms with Gasteiger partial charge in [0, 0.05) is 52.9 Å². The molecule has 0 spiro atoms. The predicted molar refractivity (Wildman–Crippen MR) is 122 cm³/mol. The van der Waals surface area contributed by atoms with Crippen LogP contribution in [0.3, 0.4) is 0 Å². The van der Waals surface area contributed by atoms with E-state index in [2.05, 4.69) is 34.4 Å². The molecule has 9 nitrogen and oxygen atoms in total. The van der Waals surface area contributed by atoms with Crippen molar-refractivity contribution in [3.63, 3.8) is 0 Å². The van der Waals surface area contributed by atoms with Gasteiger partial charge in [0.1, 0.15) is 5.60 Å². The molecular formula is C20H41N5O4S. The number of sulfone groups is 1. The molecule has 1 rings (SSSR count). The lowest BCUT2D eigenvalue weighted by Gasteiger charge is -2.29. The average molecular weight is 448 g/mol. The van der Waals surface area contributed by atoms with E-state index >= 15 is 0 Å². The molecule has 1 aliphatic rings. The molecule has 1 saturated heterocycles. The van der Waals surface area contributed by atoms with Crippen LogP contribution in [0.2, 0.25) is 0 Å². The number of aliphatic imine (C=N–C) groups is 1. The summed E-state index contributed by atoms with van der Waals surface area (Å²) in [5.74, 6) is 1.53. The Morgan fingerprint density at radius 3 is 2.33 bits per heavy atom. The molecule has 0 saturated carbocycles. The van der Waals surface area contributed by atoms with E-state index in [1.54, 1.807) is 7.05 Å². The number of hydrogen-bond donors (Lipinski definition) is 2. The van der Waals surface area contributed by atoms with Crippen LogP contribution in [0.5, 0.6) is 0 Å². The van der Waals surface area contributed by atoms with Crippen LogP contribution in [0.1, 0.15) is 41.0 Å². The average Bonchev–Trinajstić information content (AvgIpc) is 2.61. The van der Waals surface area contributed by atoms with Gasteiger partial charge in [0.05, 0.1) is 11.5 Å². The van der Waals surface area contributed by atoms with E-state index in [9.17, 15) is 13.2 Å². The molecule has 0 aromatic rings. The van der Waals surface area contributed by atoms with Crippen LogP contribution in [0.25, 0.3) is 0 Å². The number of carbonyl (C=O) groups excluding carboxylic acids is 1. The summed E-state index contributed by atoms with van der Waals surface area (Å²) in [6, 6.07) is -0.00398. The molecule has 1 heterocycles. The highest BCUT2D eigenvalue weighted by Crippen LogP contribution is 2.11. The number of nitrogens with one attached hydrogen (secondary N) is 2. The fourth-order valence-electron chi connectivity index (χ4n) is 3.15. The molecule has 0 bridgehead atoms. The number of nitrogens with zero attached hydrogens (tertiary/aromatic N) is 3. The van der Waals surface area contributed by atoms with E-state index in [0.29, 0.717) is 19.6 Å². The van der Waals surface area contributed by atoms with Crippen LogP contribution in [-0.4, -0.2) is 100 Å². The lowest BCUT2D eigenvalue weighted by molar-refractivity contribution is 0.0485. The standard InChI is InChI=1S/C20H41N5O4S/c1-16(2)17(23-19(26)29-20(3,4)5)8-10-24(7)18(21-6)22-9-11-25-12-14-30(27,28)15-13-25/h16-17H,8-15H2,1-7H3,(H,21,22)(H,23,26). The topological polar surface area (TPSA) is 103 Å². The number of rotatable bonds is 8. The maximum atomic E-state index is 12.1. The first-order valence-electron chi connectivity index (χ1n) is 10.7. The summed E-state index contributed by atoms with van der Waals surface area (Å²) in [6.07, 6.45) is 0.368. The second-order valence-electron chi connectivity index (χ2n) is 9.17. The monoisotopic (exact) mass is 447 g/mol. The Hall–Kier alpha value is -1.55. The van der Waals surface area contributed by atoms with Crippen molar-refractivity contribution in [2.24, 2.45) is 10.9 Å². The third-order valence-electron chi connectivity index (χ3n) is 5.00. The van der Waals surface area contributed by atoms with Gasteiger partial charge in [0.2, 0.25) is 0 Å². The predicted octanol–water partition coefficient (Wildman–Crippen LogP) is 1.16. The Kier molecular flexibility index (Phi) is 10.4. The van der Waals surface area contributed by atoms with Crippen LogP contribution in [-0.2, 0) is 14.6 Å². The van der Waals surface area contributed by atoms with Crippen LogP contribution in [0.15, 0.2) is 4.99 Å². The SMILES string of the molecule is CN=C(NCCN1CCS(=O)(=O)CC1)N(C)CCC(NC(=O)OC(C)(C)C)C(C)C. The fourth-order valence-corrected chi connectivity index (χ4v) is 4.43. The summed E-state index contributed by atoms with van der Waals surface area (Å²) in [5.41, 5.74) is -0.521. The van der Waals surface area contributed by atoms with Gasteiger partial charge in [-0.1, -0.05) is 13.8 Å². The minimum absolute atomic E-state index is 0.00398. The quantitative estimate of drug-likeness (QED) is 0.425. The van der Waals surface area contributed by atoms with Crippen molar-refractivity contribution < 1.29 is 17.9 Å². The Bertz CT molecular complexity index is 659. The first-order chi connectivity index (χ1) is 13.8. The lowest BCUT2D eigenvalue weighted by atomic mass is 10.0. The van der Waals surface area contributed by atoms with Gasteiger partial charge in [-0.25, -0.2) is 13.2 Å². The Balaban J connectivity index is 2.43. The molecule has 1 unspecified atom stereocenters. The molecule has 2 N–H and O–H groups in total. The first kappa shape index (κ1) is 26.5. The van der Waals surface area contributed by atoms with Crippen molar-refractivity contribution in [2.75, 3.05) is 58.3 Å². The van der Waals surface area contributed by atoms with Crippen LogP contribution >= 0.6 is 0 Å². The third-order valence-corrected chi connectivity index (χ3v) is 6.61. The first-order valence-corrected chi connectivity index (χ1v) is 12.5. The van der Waals surface area contributed by atoms with E-state index in [4.69, 9.17) is 4.74 Å². The zero-order valence-electron chi connectivity index (χ0n) is 19.7.